The molecule has 0 radical (unpaired) electrons. The fourth-order valence-corrected chi connectivity index (χ4v) is 4.31. The third kappa shape index (κ3) is 2.55. The van der Waals surface area contributed by atoms with E-state index in [2.05, 4.69) is 19.2 Å². The maximum Gasteiger partial charge on any atom is 0.256 e. The molecule has 1 aromatic rings. The van der Waals surface area contributed by atoms with E-state index in [9.17, 15) is 9.59 Å². The highest BCUT2D eigenvalue weighted by molar-refractivity contribution is 7.99. The number of carbonyl (C=O) groups is 2. The number of fused-ring (bicyclic) bond motifs is 3. The van der Waals surface area contributed by atoms with Crippen molar-refractivity contribution in [2.75, 3.05) is 12.3 Å². The first kappa shape index (κ1) is 14.4. The van der Waals surface area contributed by atoms with E-state index in [0.717, 1.165) is 17.5 Å². The molecule has 4 nitrogen and oxygen atoms in total. The Morgan fingerprint density at radius 2 is 2.19 bits per heavy atom. The highest BCUT2D eigenvalue weighted by Crippen LogP contribution is 2.47. The van der Waals surface area contributed by atoms with Crippen LogP contribution >= 0.6 is 11.8 Å². The van der Waals surface area contributed by atoms with Crippen molar-refractivity contribution in [3.63, 3.8) is 0 Å². The lowest BCUT2D eigenvalue weighted by Gasteiger charge is -2.22. The van der Waals surface area contributed by atoms with E-state index in [4.69, 9.17) is 0 Å². The summed E-state index contributed by atoms with van der Waals surface area (Å²) >= 11 is 1.68. The van der Waals surface area contributed by atoms with Crippen LogP contribution in [0, 0.1) is 5.92 Å². The zero-order valence-corrected chi connectivity index (χ0v) is 13.2. The summed E-state index contributed by atoms with van der Waals surface area (Å²) in [6.45, 7) is 4.94. The normalized spacial score (nSPS) is 23.4. The molecule has 1 fully saturated rings. The Morgan fingerprint density at radius 1 is 1.43 bits per heavy atom. The molecule has 2 heterocycles. The minimum atomic E-state index is -0.341. The Kier molecular flexibility index (Phi) is 3.93. The minimum absolute atomic E-state index is 0.00884. The standard InChI is InChI=1S/C16H20N2O2S/c1-10(2)7-8-17-14(19)13-9-21-16-12-6-4-3-5-11(12)15(20)18(13)16/h3-6,10,13,16H,7-9H2,1-2H3,(H,17,19)/t13-,16+/m0/s1. The molecule has 1 saturated heterocycles. The smallest absolute Gasteiger partial charge is 0.256 e. The third-order valence-electron chi connectivity index (χ3n) is 4.02. The summed E-state index contributed by atoms with van der Waals surface area (Å²) < 4.78 is 0. The van der Waals surface area contributed by atoms with Gasteiger partial charge in [0.25, 0.3) is 5.91 Å². The predicted octanol–water partition coefficient (Wildman–Crippen LogP) is 2.42. The molecule has 0 unspecified atom stereocenters. The molecule has 2 amide bonds. The van der Waals surface area contributed by atoms with Crippen LogP contribution in [0.3, 0.4) is 0 Å². The molecule has 2 aliphatic heterocycles. The van der Waals surface area contributed by atoms with Crippen LogP contribution in [0.25, 0.3) is 0 Å². The Bertz CT molecular complexity index is 573. The molecule has 0 saturated carbocycles. The van der Waals surface area contributed by atoms with E-state index in [1.807, 2.05) is 24.3 Å². The summed E-state index contributed by atoms with van der Waals surface area (Å²) in [6, 6.07) is 7.33. The van der Waals surface area contributed by atoms with Gasteiger partial charge in [-0.25, -0.2) is 0 Å². The van der Waals surface area contributed by atoms with E-state index in [1.165, 1.54) is 0 Å². The Balaban J connectivity index is 1.71. The minimum Gasteiger partial charge on any atom is -0.354 e. The summed E-state index contributed by atoms with van der Waals surface area (Å²) in [6.07, 6.45) is 0.962. The Hall–Kier alpha value is -1.49. The summed E-state index contributed by atoms with van der Waals surface area (Å²) in [5.74, 6) is 1.21. The number of rotatable bonds is 4. The van der Waals surface area contributed by atoms with Gasteiger partial charge in [-0.3, -0.25) is 9.59 Å². The number of hydrogen-bond acceptors (Lipinski definition) is 3. The molecule has 1 aromatic carbocycles. The molecular formula is C16H20N2O2S. The lowest BCUT2D eigenvalue weighted by atomic mass is 10.1. The van der Waals surface area contributed by atoms with Gasteiger partial charge >= 0.3 is 0 Å². The van der Waals surface area contributed by atoms with Gasteiger partial charge in [0.05, 0.1) is 0 Å². The van der Waals surface area contributed by atoms with Crippen molar-refractivity contribution in [2.24, 2.45) is 5.92 Å². The predicted molar refractivity (Wildman–Crippen MR) is 84.1 cm³/mol. The molecule has 112 valence electrons. The van der Waals surface area contributed by atoms with Crippen LogP contribution in [0.2, 0.25) is 0 Å². The fourth-order valence-electron chi connectivity index (χ4n) is 2.84. The van der Waals surface area contributed by atoms with E-state index in [1.54, 1.807) is 16.7 Å². The first-order chi connectivity index (χ1) is 10.1. The second-order valence-corrected chi connectivity index (χ2v) is 7.09. The largest absolute Gasteiger partial charge is 0.354 e. The van der Waals surface area contributed by atoms with Gasteiger partial charge in [-0.2, -0.15) is 0 Å². The molecule has 0 aromatic heterocycles. The molecule has 21 heavy (non-hydrogen) atoms. The van der Waals surface area contributed by atoms with Crippen molar-refractivity contribution in [1.82, 2.24) is 10.2 Å². The summed E-state index contributed by atoms with van der Waals surface area (Å²) in [5, 5.41) is 2.98. The van der Waals surface area contributed by atoms with E-state index >= 15 is 0 Å². The number of hydrogen-bond donors (Lipinski definition) is 1. The van der Waals surface area contributed by atoms with Gasteiger partial charge < -0.3 is 10.2 Å². The number of carbonyl (C=O) groups excluding carboxylic acids is 2. The third-order valence-corrected chi connectivity index (χ3v) is 5.32. The quantitative estimate of drug-likeness (QED) is 0.929. The second kappa shape index (κ2) is 5.72. The SMILES string of the molecule is CC(C)CCNC(=O)[C@@H]1CS[C@@H]2c3ccccc3C(=O)N21. The van der Waals surface area contributed by atoms with Crippen molar-refractivity contribution in [1.29, 1.82) is 0 Å². The fraction of sp³-hybridized carbons (Fsp3) is 0.500. The highest BCUT2D eigenvalue weighted by Gasteiger charge is 2.48. The molecular weight excluding hydrogens is 284 g/mol. The summed E-state index contributed by atoms with van der Waals surface area (Å²) in [7, 11) is 0. The van der Waals surface area contributed by atoms with Gasteiger partial charge in [0.2, 0.25) is 5.91 Å². The molecule has 2 atom stereocenters. The Morgan fingerprint density at radius 3 is 2.95 bits per heavy atom. The van der Waals surface area contributed by atoms with E-state index in [-0.39, 0.29) is 23.2 Å². The molecule has 0 aliphatic carbocycles. The second-order valence-electron chi connectivity index (χ2n) is 5.97. The van der Waals surface area contributed by atoms with Gasteiger partial charge in [0.15, 0.2) is 0 Å². The lowest BCUT2D eigenvalue weighted by molar-refractivity contribution is -0.124. The van der Waals surface area contributed by atoms with E-state index in [0.29, 0.717) is 18.2 Å². The average Bonchev–Trinajstić information content (AvgIpc) is 3.00. The molecule has 1 N–H and O–H groups in total. The first-order valence-electron chi connectivity index (χ1n) is 7.40. The van der Waals surface area contributed by atoms with Crippen LogP contribution < -0.4 is 5.32 Å². The van der Waals surface area contributed by atoms with Crippen molar-refractivity contribution in [3.8, 4) is 0 Å². The number of amides is 2. The van der Waals surface area contributed by atoms with E-state index < -0.39 is 0 Å². The lowest BCUT2D eigenvalue weighted by Crippen LogP contribution is -2.46. The van der Waals surface area contributed by atoms with Crippen LogP contribution in [-0.2, 0) is 4.79 Å². The molecule has 3 rings (SSSR count). The van der Waals surface area contributed by atoms with Gasteiger partial charge in [-0.15, -0.1) is 11.8 Å². The topological polar surface area (TPSA) is 49.4 Å². The van der Waals surface area contributed by atoms with Crippen molar-refractivity contribution < 1.29 is 9.59 Å². The van der Waals surface area contributed by atoms with Crippen molar-refractivity contribution in [2.45, 2.75) is 31.7 Å². The first-order valence-corrected chi connectivity index (χ1v) is 8.45. The number of thioether (sulfide) groups is 1. The zero-order valence-electron chi connectivity index (χ0n) is 12.3. The van der Waals surface area contributed by atoms with Crippen LogP contribution in [-0.4, -0.2) is 35.1 Å². The average molecular weight is 304 g/mol. The maximum absolute atomic E-state index is 12.5. The van der Waals surface area contributed by atoms with Crippen LogP contribution in [0.4, 0.5) is 0 Å². The highest BCUT2D eigenvalue weighted by atomic mass is 32.2. The summed E-state index contributed by atoms with van der Waals surface area (Å²) in [5.41, 5.74) is 1.79. The molecule has 2 aliphatic rings. The maximum atomic E-state index is 12.5. The van der Waals surface area contributed by atoms with Crippen molar-refractivity contribution in [3.05, 3.63) is 35.4 Å². The van der Waals surface area contributed by atoms with Gasteiger partial charge in [-0.05, 0) is 24.0 Å². The molecule has 0 bridgehead atoms. The van der Waals surface area contributed by atoms with Crippen molar-refractivity contribution >= 4 is 23.6 Å². The van der Waals surface area contributed by atoms with Gasteiger partial charge in [-0.1, -0.05) is 32.0 Å². The zero-order chi connectivity index (χ0) is 15.0. The number of nitrogens with one attached hydrogen (secondary N) is 1. The number of benzene rings is 1. The summed E-state index contributed by atoms with van der Waals surface area (Å²) in [4.78, 5) is 26.6. The molecule has 0 spiro atoms. The van der Waals surface area contributed by atoms with Gasteiger partial charge in [0.1, 0.15) is 11.4 Å². The molecule has 5 heteroatoms. The van der Waals surface area contributed by atoms with Gasteiger partial charge in [0, 0.05) is 17.9 Å². The Labute approximate surface area is 129 Å². The van der Waals surface area contributed by atoms with Crippen LogP contribution in [0.1, 0.15) is 41.6 Å². The number of nitrogens with zero attached hydrogens (tertiary/aromatic N) is 1. The van der Waals surface area contributed by atoms with Crippen LogP contribution in [0.15, 0.2) is 24.3 Å². The van der Waals surface area contributed by atoms with Crippen LogP contribution in [0.5, 0.6) is 0 Å². The monoisotopic (exact) mass is 304 g/mol.